The van der Waals surface area contributed by atoms with Crippen LogP contribution >= 0.6 is 11.8 Å². The van der Waals surface area contributed by atoms with Gasteiger partial charge < -0.3 is 10.2 Å². The Labute approximate surface area is 171 Å². The van der Waals surface area contributed by atoms with Crippen molar-refractivity contribution in [1.29, 1.82) is 0 Å². The summed E-state index contributed by atoms with van der Waals surface area (Å²) in [4.78, 5) is 27.4. The van der Waals surface area contributed by atoms with Crippen molar-refractivity contribution in [3.63, 3.8) is 0 Å². The summed E-state index contributed by atoms with van der Waals surface area (Å²) >= 11 is 1.96. The van der Waals surface area contributed by atoms with Gasteiger partial charge in [0.25, 0.3) is 0 Å². The van der Waals surface area contributed by atoms with E-state index in [1.807, 2.05) is 30.0 Å². The number of nitrogens with zero attached hydrogens (tertiary/aromatic N) is 1. The zero-order valence-electron chi connectivity index (χ0n) is 16.2. The second-order valence-electron chi connectivity index (χ2n) is 7.84. The first-order valence-electron chi connectivity index (χ1n) is 10.4. The number of carbonyl (C=O) groups excluding carboxylic acids is 2. The predicted molar refractivity (Wildman–Crippen MR) is 115 cm³/mol. The van der Waals surface area contributed by atoms with Crippen molar-refractivity contribution >= 4 is 34.3 Å². The summed E-state index contributed by atoms with van der Waals surface area (Å²) < 4.78 is 0. The Bertz CT molecular complexity index is 847. The van der Waals surface area contributed by atoms with Gasteiger partial charge in [0.15, 0.2) is 0 Å². The molecule has 0 aromatic heterocycles. The Morgan fingerprint density at radius 2 is 1.89 bits per heavy atom. The molecule has 2 atom stereocenters. The molecule has 0 spiro atoms. The smallest absolute Gasteiger partial charge is 0.242 e. The largest absolute Gasteiger partial charge is 0.353 e. The molecule has 2 heterocycles. The Morgan fingerprint density at radius 3 is 2.71 bits per heavy atom. The van der Waals surface area contributed by atoms with Crippen LogP contribution in [0.25, 0.3) is 10.8 Å². The fraction of sp³-hybridized carbons (Fsp3) is 0.478. The number of nitrogens with one attached hydrogen (secondary N) is 1. The molecule has 1 N–H and O–H groups in total. The van der Waals surface area contributed by atoms with E-state index in [9.17, 15) is 9.59 Å². The highest BCUT2D eigenvalue weighted by Gasteiger charge is 2.34. The van der Waals surface area contributed by atoms with E-state index in [0.29, 0.717) is 18.2 Å². The van der Waals surface area contributed by atoms with E-state index >= 15 is 0 Å². The summed E-state index contributed by atoms with van der Waals surface area (Å²) in [6.45, 7) is 1.41. The average molecular weight is 397 g/mol. The number of carbonyl (C=O) groups is 2. The molecule has 2 unspecified atom stereocenters. The van der Waals surface area contributed by atoms with Crippen molar-refractivity contribution < 1.29 is 9.59 Å². The molecule has 28 heavy (non-hydrogen) atoms. The lowest BCUT2D eigenvalue weighted by molar-refractivity contribution is -0.137. The fourth-order valence-corrected chi connectivity index (χ4v) is 5.50. The zero-order valence-corrected chi connectivity index (χ0v) is 17.0. The highest BCUT2D eigenvalue weighted by Crippen LogP contribution is 2.25. The Balaban J connectivity index is 1.36. The number of fused-ring (bicyclic) bond motifs is 1. The second kappa shape index (κ2) is 8.99. The van der Waals surface area contributed by atoms with Crippen molar-refractivity contribution in [3.8, 4) is 0 Å². The van der Waals surface area contributed by atoms with Crippen molar-refractivity contribution in [2.75, 3.05) is 18.8 Å². The molecule has 2 fully saturated rings. The molecule has 5 heteroatoms. The summed E-state index contributed by atoms with van der Waals surface area (Å²) in [6, 6.07) is 14.0. The first kappa shape index (κ1) is 19.3. The number of hydrogen-bond donors (Lipinski definition) is 1. The van der Waals surface area contributed by atoms with E-state index in [1.165, 1.54) is 30.4 Å². The molecule has 4 nitrogen and oxygen atoms in total. The van der Waals surface area contributed by atoms with Gasteiger partial charge in [-0.05, 0) is 47.8 Å². The molecule has 0 saturated carbocycles. The first-order valence-corrected chi connectivity index (χ1v) is 11.4. The molecule has 148 valence electrons. The lowest BCUT2D eigenvalue weighted by atomic mass is 10.0. The quantitative estimate of drug-likeness (QED) is 0.837. The summed E-state index contributed by atoms with van der Waals surface area (Å²) in [5, 5.41) is 5.97. The van der Waals surface area contributed by atoms with Crippen LogP contribution in [0.2, 0.25) is 0 Å². The van der Waals surface area contributed by atoms with E-state index in [1.54, 1.807) is 4.90 Å². The number of likely N-dealkylation sites (tertiary alicyclic amines) is 1. The molecular formula is C23H28N2O2S. The molecule has 2 amide bonds. The highest BCUT2D eigenvalue weighted by molar-refractivity contribution is 7.99. The van der Waals surface area contributed by atoms with Crippen LogP contribution < -0.4 is 5.32 Å². The number of amides is 2. The first-order chi connectivity index (χ1) is 13.7. The summed E-state index contributed by atoms with van der Waals surface area (Å²) in [5.41, 5.74) is 1.01. The number of benzene rings is 2. The van der Waals surface area contributed by atoms with Gasteiger partial charge in [0.2, 0.25) is 11.8 Å². The van der Waals surface area contributed by atoms with Gasteiger partial charge in [-0.15, -0.1) is 0 Å². The van der Waals surface area contributed by atoms with Crippen molar-refractivity contribution in [2.24, 2.45) is 0 Å². The van der Waals surface area contributed by atoms with Crippen molar-refractivity contribution in [2.45, 2.75) is 49.8 Å². The maximum absolute atomic E-state index is 12.9. The van der Waals surface area contributed by atoms with Gasteiger partial charge in [0, 0.05) is 18.3 Å². The van der Waals surface area contributed by atoms with E-state index in [4.69, 9.17) is 0 Å². The SMILES string of the molecule is O=C(NCC1CCCCS1)C1CCCN1C(=O)Cc1ccc2ccccc2c1. The van der Waals surface area contributed by atoms with Crippen LogP contribution in [0.5, 0.6) is 0 Å². The van der Waals surface area contributed by atoms with Crippen LogP contribution in [0.15, 0.2) is 42.5 Å². The predicted octanol–water partition coefficient (Wildman–Crippen LogP) is 3.78. The zero-order chi connectivity index (χ0) is 19.3. The fourth-order valence-electron chi connectivity index (χ4n) is 4.26. The molecule has 2 aliphatic heterocycles. The molecule has 0 radical (unpaired) electrons. The van der Waals surface area contributed by atoms with Crippen LogP contribution in [0.1, 0.15) is 37.7 Å². The minimum Gasteiger partial charge on any atom is -0.353 e. The minimum atomic E-state index is -0.304. The van der Waals surface area contributed by atoms with Gasteiger partial charge in [-0.3, -0.25) is 9.59 Å². The Hall–Kier alpha value is -2.01. The van der Waals surface area contributed by atoms with Gasteiger partial charge >= 0.3 is 0 Å². The number of hydrogen-bond acceptors (Lipinski definition) is 3. The van der Waals surface area contributed by atoms with Gasteiger partial charge in [-0.2, -0.15) is 11.8 Å². The van der Waals surface area contributed by atoms with Crippen molar-refractivity contribution in [3.05, 3.63) is 48.0 Å². The van der Waals surface area contributed by atoms with Crippen LogP contribution in [-0.4, -0.2) is 46.8 Å². The topological polar surface area (TPSA) is 49.4 Å². The van der Waals surface area contributed by atoms with E-state index < -0.39 is 0 Å². The lowest BCUT2D eigenvalue weighted by Crippen LogP contribution is -2.47. The molecule has 4 rings (SSSR count). The molecule has 2 saturated heterocycles. The van der Waals surface area contributed by atoms with Crippen LogP contribution in [0, 0.1) is 0 Å². The summed E-state index contributed by atoms with van der Waals surface area (Å²) in [6.07, 6.45) is 5.75. The van der Waals surface area contributed by atoms with Crippen LogP contribution in [0.4, 0.5) is 0 Å². The highest BCUT2D eigenvalue weighted by atomic mass is 32.2. The third-order valence-corrected chi connectivity index (χ3v) is 7.22. The van der Waals surface area contributed by atoms with Gasteiger partial charge in [0.05, 0.1) is 6.42 Å². The molecule has 2 aromatic rings. The molecular weight excluding hydrogens is 368 g/mol. The van der Waals surface area contributed by atoms with E-state index in [2.05, 4.69) is 29.6 Å². The Morgan fingerprint density at radius 1 is 1.04 bits per heavy atom. The maximum atomic E-state index is 12.9. The standard InChI is InChI=1S/C23H28N2O2S/c26-22(15-17-10-11-18-6-1-2-7-19(18)14-17)25-12-5-9-21(25)23(27)24-16-20-8-3-4-13-28-20/h1-2,6-7,10-11,14,20-21H,3-5,8-9,12-13,15-16H2,(H,24,27). The third kappa shape index (κ3) is 4.52. The monoisotopic (exact) mass is 396 g/mol. The summed E-state index contributed by atoms with van der Waals surface area (Å²) in [5.74, 6) is 1.27. The normalized spacial score (nSPS) is 22.4. The molecule has 0 bridgehead atoms. The summed E-state index contributed by atoms with van der Waals surface area (Å²) in [7, 11) is 0. The second-order valence-corrected chi connectivity index (χ2v) is 9.25. The third-order valence-electron chi connectivity index (χ3n) is 5.82. The van der Waals surface area contributed by atoms with E-state index in [0.717, 1.165) is 30.3 Å². The van der Waals surface area contributed by atoms with Gasteiger partial charge in [-0.25, -0.2) is 0 Å². The van der Waals surface area contributed by atoms with Crippen LogP contribution in [0.3, 0.4) is 0 Å². The van der Waals surface area contributed by atoms with E-state index in [-0.39, 0.29) is 17.9 Å². The average Bonchev–Trinajstić information content (AvgIpc) is 3.23. The molecule has 2 aliphatic rings. The number of rotatable bonds is 5. The Kier molecular flexibility index (Phi) is 6.20. The van der Waals surface area contributed by atoms with Gasteiger partial charge in [0.1, 0.15) is 6.04 Å². The maximum Gasteiger partial charge on any atom is 0.242 e. The molecule has 0 aliphatic carbocycles. The number of thioether (sulfide) groups is 1. The van der Waals surface area contributed by atoms with Crippen LogP contribution in [-0.2, 0) is 16.0 Å². The van der Waals surface area contributed by atoms with Crippen molar-refractivity contribution in [1.82, 2.24) is 10.2 Å². The molecule has 2 aromatic carbocycles. The van der Waals surface area contributed by atoms with Gasteiger partial charge in [-0.1, -0.05) is 48.9 Å². The lowest BCUT2D eigenvalue weighted by Gasteiger charge is -2.26. The minimum absolute atomic E-state index is 0.0236.